The zero-order valence-corrected chi connectivity index (χ0v) is 26.6. The van der Waals surface area contributed by atoms with Crippen LogP contribution >= 0.6 is 27.5 Å². The van der Waals surface area contributed by atoms with E-state index in [2.05, 4.69) is 35.9 Å². The molecule has 1 unspecified atom stereocenters. The predicted molar refractivity (Wildman–Crippen MR) is 177 cm³/mol. The summed E-state index contributed by atoms with van der Waals surface area (Å²) in [6.45, 7) is 0.220. The van der Waals surface area contributed by atoms with Crippen molar-refractivity contribution < 1.29 is 18.3 Å². The molecule has 2 N–H and O–H groups in total. The molecule has 2 aliphatic rings. The first-order valence-electron chi connectivity index (χ1n) is 13.9. The Morgan fingerprint density at radius 1 is 0.957 bits per heavy atom. The van der Waals surface area contributed by atoms with E-state index in [1.54, 1.807) is 42.6 Å². The fourth-order valence-electron chi connectivity index (χ4n) is 5.47. The highest BCUT2D eigenvalue weighted by molar-refractivity contribution is 9.10. The second-order valence-corrected chi connectivity index (χ2v) is 12.1. The molecule has 6 aromatic rings. The molecule has 0 saturated heterocycles. The number of hydrogen-bond acceptors (Lipinski definition) is 10. The Balaban J connectivity index is 0.000000169. The van der Waals surface area contributed by atoms with E-state index in [1.807, 2.05) is 37.2 Å². The summed E-state index contributed by atoms with van der Waals surface area (Å²) in [5.41, 5.74) is 8.51. The van der Waals surface area contributed by atoms with Crippen LogP contribution in [-0.2, 0) is 10.3 Å². The molecule has 0 radical (unpaired) electrons. The minimum absolute atomic E-state index is 0.102. The fourth-order valence-corrected chi connectivity index (χ4v) is 5.99. The van der Waals surface area contributed by atoms with E-state index in [-0.39, 0.29) is 23.2 Å². The first kappa shape index (κ1) is 29.6. The summed E-state index contributed by atoms with van der Waals surface area (Å²) in [5, 5.41) is 1.24. The maximum Gasteiger partial charge on any atom is 0.283 e. The van der Waals surface area contributed by atoms with E-state index >= 15 is 0 Å². The Labute approximate surface area is 274 Å². The molecule has 1 atom stereocenters. The second-order valence-electron chi connectivity index (χ2n) is 10.8. The largest absolute Gasteiger partial charge is 0.462 e. The maximum atomic E-state index is 14.3. The van der Waals surface area contributed by atoms with Crippen molar-refractivity contribution in [1.82, 2.24) is 15.0 Å². The van der Waals surface area contributed by atoms with E-state index < -0.39 is 11.5 Å². The maximum absolute atomic E-state index is 14.3. The minimum Gasteiger partial charge on any atom is -0.462 e. The van der Waals surface area contributed by atoms with E-state index in [4.69, 9.17) is 31.2 Å². The number of nitrogens with two attached hydrogens (primary N) is 1. The molecule has 8 rings (SSSR count). The molecule has 46 heavy (non-hydrogen) atoms. The quantitative estimate of drug-likeness (QED) is 0.153. The van der Waals surface area contributed by atoms with Crippen molar-refractivity contribution in [3.8, 4) is 22.6 Å². The van der Waals surface area contributed by atoms with Gasteiger partial charge in [-0.1, -0.05) is 33.6 Å². The normalized spacial score (nSPS) is 16.2. The molecule has 0 aliphatic carbocycles. The Bertz CT molecular complexity index is 2220. The first-order chi connectivity index (χ1) is 22.1. The van der Waals surface area contributed by atoms with Gasteiger partial charge in [0.1, 0.15) is 28.9 Å². The molecule has 13 heteroatoms. The Hall–Kier alpha value is -5.07. The van der Waals surface area contributed by atoms with Gasteiger partial charge in [-0.2, -0.15) is 4.39 Å². The van der Waals surface area contributed by atoms with Gasteiger partial charge in [0.25, 0.3) is 6.02 Å². The van der Waals surface area contributed by atoms with Gasteiger partial charge in [-0.3, -0.25) is 4.79 Å². The third-order valence-electron chi connectivity index (χ3n) is 7.69. The summed E-state index contributed by atoms with van der Waals surface area (Å²) in [7, 11) is 3.82. The van der Waals surface area contributed by atoms with E-state index in [0.29, 0.717) is 44.6 Å². The van der Waals surface area contributed by atoms with Crippen LogP contribution in [-0.4, -0.2) is 41.7 Å². The van der Waals surface area contributed by atoms with E-state index in [0.717, 1.165) is 21.4 Å². The fraction of sp³-hybridized carbons (Fsp3) is 0.121. The lowest BCUT2D eigenvalue weighted by atomic mass is 9.81. The van der Waals surface area contributed by atoms with Crippen LogP contribution in [0.25, 0.3) is 33.1 Å². The van der Waals surface area contributed by atoms with Crippen molar-refractivity contribution in [2.24, 2.45) is 10.7 Å². The van der Waals surface area contributed by atoms with Crippen molar-refractivity contribution in [2.45, 2.75) is 5.54 Å². The van der Waals surface area contributed by atoms with Crippen LogP contribution in [0.15, 0.2) is 97.9 Å². The second kappa shape index (κ2) is 11.4. The lowest BCUT2D eigenvalue weighted by Gasteiger charge is -2.34. The molecule has 10 nitrogen and oxygen atoms in total. The van der Waals surface area contributed by atoms with Crippen molar-refractivity contribution in [3.63, 3.8) is 0 Å². The number of anilines is 1. The highest BCUT2D eigenvalue weighted by Crippen LogP contribution is 2.52. The van der Waals surface area contributed by atoms with Crippen LogP contribution in [0.2, 0.25) is 5.15 Å². The van der Waals surface area contributed by atoms with Gasteiger partial charge >= 0.3 is 0 Å². The highest BCUT2D eigenvalue weighted by Gasteiger charge is 2.47. The zero-order chi connectivity index (χ0) is 32.2. The average Bonchev–Trinajstić information content (AvgIpc) is 3.44. The van der Waals surface area contributed by atoms with E-state index in [9.17, 15) is 9.18 Å². The molecule has 0 amide bonds. The molecule has 0 saturated carbocycles. The lowest BCUT2D eigenvalue weighted by Crippen LogP contribution is -2.31. The van der Waals surface area contributed by atoms with Crippen LogP contribution in [0.3, 0.4) is 0 Å². The first-order valence-corrected chi connectivity index (χ1v) is 15.1. The summed E-state index contributed by atoms with van der Waals surface area (Å²) in [5.74, 6) is 1.41. The number of halogens is 3. The van der Waals surface area contributed by atoms with Gasteiger partial charge in [-0.25, -0.2) is 19.9 Å². The number of benzene rings is 2. The number of aromatic nitrogens is 3. The predicted octanol–water partition coefficient (Wildman–Crippen LogP) is 6.80. The van der Waals surface area contributed by atoms with Gasteiger partial charge < -0.3 is 24.5 Å². The number of rotatable bonds is 2. The Morgan fingerprint density at radius 2 is 1.76 bits per heavy atom. The molecule has 1 spiro atoms. The summed E-state index contributed by atoms with van der Waals surface area (Å²) < 4.78 is 32.4. The molecule has 6 heterocycles. The third kappa shape index (κ3) is 5.09. The molecule has 230 valence electrons. The molecule has 0 bridgehead atoms. The molecule has 0 fully saturated rings. The van der Waals surface area contributed by atoms with Crippen LogP contribution in [0, 0.1) is 5.95 Å². The standard InChI is InChI=1S/C21H18FN5O2.C12H5BrClNO2/c1-27(2)18-9-15-17(10-25-18)29-16-6-5-12(13-4-3-7-24-19(13)22)8-14(16)21(15)11-28-20(23)26-21;13-6-1-2-9-7(3-6)12(16)8-4-11(14)15-5-10(8)17-9/h3-10H,11H2,1-2H3,(H2,23,26);1-5H. The average molecular weight is 702 g/mol. The SMILES string of the molecule is CN(C)c1cc2c(cn1)Oc1ccc(-c3cccnc3F)cc1C21COC(N)=N1.O=c1c2cc(Br)ccc2oc2cnc(Cl)cc12. The number of pyridine rings is 3. The lowest BCUT2D eigenvalue weighted by molar-refractivity contribution is 0.264. The molecule has 2 aliphatic heterocycles. The molecular formula is C33H23BrClFN6O4. The van der Waals surface area contributed by atoms with Crippen molar-refractivity contribution in [3.05, 3.63) is 116 Å². The monoisotopic (exact) mass is 700 g/mol. The van der Waals surface area contributed by atoms with E-state index in [1.165, 1.54) is 18.5 Å². The van der Waals surface area contributed by atoms with Gasteiger partial charge in [0.05, 0.1) is 23.2 Å². The summed E-state index contributed by atoms with van der Waals surface area (Å²) in [6.07, 6.45) is 4.55. The molecule has 4 aromatic heterocycles. The van der Waals surface area contributed by atoms with Gasteiger partial charge in [-0.15, -0.1) is 0 Å². The topological polar surface area (TPSA) is 129 Å². The summed E-state index contributed by atoms with van der Waals surface area (Å²) in [6, 6.07) is 17.7. The van der Waals surface area contributed by atoms with Crippen molar-refractivity contribution in [2.75, 3.05) is 25.6 Å². The number of nitrogens with zero attached hydrogens (tertiary/aromatic N) is 5. The summed E-state index contributed by atoms with van der Waals surface area (Å²) >= 11 is 9.10. The van der Waals surface area contributed by atoms with Gasteiger partial charge in [0, 0.05) is 41.5 Å². The molecule has 2 aromatic carbocycles. The Kier molecular flexibility index (Phi) is 7.33. The zero-order valence-electron chi connectivity index (χ0n) is 24.3. The number of ether oxygens (including phenoxy) is 2. The van der Waals surface area contributed by atoms with Crippen molar-refractivity contribution >= 4 is 61.3 Å². The van der Waals surface area contributed by atoms with Gasteiger partial charge in [-0.05, 0) is 60.2 Å². The highest BCUT2D eigenvalue weighted by atomic mass is 79.9. The van der Waals surface area contributed by atoms with Crippen LogP contribution in [0.1, 0.15) is 11.1 Å². The smallest absolute Gasteiger partial charge is 0.283 e. The third-order valence-corrected chi connectivity index (χ3v) is 8.39. The number of aliphatic imine (C=N–C) groups is 1. The van der Waals surface area contributed by atoms with Crippen LogP contribution < -0.4 is 20.8 Å². The number of fused-ring (bicyclic) bond motifs is 6. The van der Waals surface area contributed by atoms with Crippen LogP contribution in [0.4, 0.5) is 10.2 Å². The number of amidine groups is 1. The molecular weight excluding hydrogens is 679 g/mol. The van der Waals surface area contributed by atoms with Crippen LogP contribution in [0.5, 0.6) is 11.5 Å². The summed E-state index contributed by atoms with van der Waals surface area (Å²) in [4.78, 5) is 30.9. The van der Waals surface area contributed by atoms with Gasteiger partial charge in [0.15, 0.2) is 16.9 Å². The van der Waals surface area contributed by atoms with Crippen molar-refractivity contribution in [1.29, 1.82) is 0 Å². The van der Waals surface area contributed by atoms with Gasteiger partial charge in [0.2, 0.25) is 11.4 Å². The Morgan fingerprint density at radius 3 is 2.52 bits per heavy atom. The minimum atomic E-state index is -0.893. The number of hydrogen-bond donors (Lipinski definition) is 1.